The van der Waals surface area contributed by atoms with Crippen LogP contribution in [0.4, 0.5) is 30.2 Å². The van der Waals surface area contributed by atoms with Crippen LogP contribution in [0.3, 0.4) is 0 Å². The van der Waals surface area contributed by atoms with Crippen molar-refractivity contribution in [1.82, 2.24) is 0 Å². The number of hydrogen-bond donors (Lipinski definition) is 0. The lowest BCUT2D eigenvalue weighted by Gasteiger charge is -2.43. The van der Waals surface area contributed by atoms with Crippen LogP contribution in [-0.4, -0.2) is 31.2 Å². The Labute approximate surface area is 188 Å². The summed E-state index contributed by atoms with van der Waals surface area (Å²) in [6, 6.07) is 8.93. The molecule has 0 atom stereocenters. The Morgan fingerprint density at radius 1 is 1.09 bits per heavy atom. The van der Waals surface area contributed by atoms with Gasteiger partial charge in [-0.1, -0.05) is 6.07 Å². The number of sulfone groups is 1. The average molecular weight is 480 g/mol. The molecule has 1 saturated carbocycles. The molecule has 0 N–H and O–H groups in total. The van der Waals surface area contributed by atoms with Gasteiger partial charge in [-0.25, -0.2) is 13.3 Å². The van der Waals surface area contributed by atoms with Gasteiger partial charge < -0.3 is 4.90 Å². The highest BCUT2D eigenvalue weighted by Crippen LogP contribution is 2.48. The first kappa shape index (κ1) is 22.2. The smallest absolute Gasteiger partial charge is 0.303 e. The summed E-state index contributed by atoms with van der Waals surface area (Å²) in [5, 5.41) is 0.00509. The number of halogens is 3. The van der Waals surface area contributed by atoms with Gasteiger partial charge in [0.05, 0.1) is 17.0 Å². The lowest BCUT2D eigenvalue weighted by atomic mass is 9.75. The Kier molecular flexibility index (Phi) is 5.06. The van der Waals surface area contributed by atoms with Gasteiger partial charge in [-0.3, -0.25) is 9.69 Å². The lowest BCUT2D eigenvalue weighted by molar-refractivity contribution is -0.136. The lowest BCUT2D eigenvalue weighted by Crippen LogP contribution is -2.55. The van der Waals surface area contributed by atoms with E-state index in [1.54, 1.807) is 4.90 Å². The molecule has 1 amide bonds. The second kappa shape index (κ2) is 7.28. The molecule has 11 heteroatoms. The summed E-state index contributed by atoms with van der Waals surface area (Å²) in [6.45, 7) is 7.00. The van der Waals surface area contributed by atoms with Crippen molar-refractivity contribution in [3.05, 3.63) is 59.4 Å². The predicted octanol–water partition coefficient (Wildman–Crippen LogP) is 4.72. The Morgan fingerprint density at radius 3 is 2.16 bits per heavy atom. The van der Waals surface area contributed by atoms with Crippen molar-refractivity contribution in [3.8, 4) is 0 Å². The van der Waals surface area contributed by atoms with Crippen molar-refractivity contribution in [1.29, 1.82) is 0 Å². The maximum Gasteiger partial charge on any atom is 0.407 e. The zero-order valence-electron chi connectivity index (χ0n) is 16.7. The van der Waals surface area contributed by atoms with Crippen molar-refractivity contribution in [2.75, 3.05) is 16.1 Å². The summed E-state index contributed by atoms with van der Waals surface area (Å²) >= 11 is 5.53. The van der Waals surface area contributed by atoms with Crippen LogP contribution in [0.15, 0.2) is 47.4 Å². The molecule has 1 aliphatic heterocycles. The number of nitrogens with zero attached hydrogens (tertiary/aromatic N) is 3. The molecule has 2 aliphatic rings. The van der Waals surface area contributed by atoms with Crippen LogP contribution in [0.5, 0.6) is 0 Å². The van der Waals surface area contributed by atoms with Gasteiger partial charge in [0.25, 0.3) is 5.91 Å². The third kappa shape index (κ3) is 3.34. The van der Waals surface area contributed by atoms with Gasteiger partial charge in [0.15, 0.2) is 20.6 Å². The van der Waals surface area contributed by atoms with E-state index in [0.29, 0.717) is 18.5 Å². The molecule has 0 aromatic heterocycles. The highest BCUT2D eigenvalue weighted by Gasteiger charge is 2.59. The molecule has 0 unspecified atom stereocenters. The zero-order chi connectivity index (χ0) is 23.5. The minimum Gasteiger partial charge on any atom is -0.303 e. The second-order valence-electron chi connectivity index (χ2n) is 7.72. The molecule has 2 aromatic carbocycles. The molecule has 2 fully saturated rings. The number of carbonyl (C=O) groups is 1. The zero-order valence-corrected chi connectivity index (χ0v) is 18.3. The van der Waals surface area contributed by atoms with E-state index in [2.05, 4.69) is 4.85 Å². The fourth-order valence-electron chi connectivity index (χ4n) is 4.04. The van der Waals surface area contributed by atoms with Gasteiger partial charge in [0.1, 0.15) is 5.54 Å². The molecule has 1 spiro atoms. The van der Waals surface area contributed by atoms with Crippen LogP contribution in [0.25, 0.3) is 4.85 Å². The van der Waals surface area contributed by atoms with Crippen LogP contribution >= 0.6 is 12.2 Å². The molecule has 1 heterocycles. The van der Waals surface area contributed by atoms with E-state index >= 15 is 0 Å². The van der Waals surface area contributed by atoms with Crippen molar-refractivity contribution in [2.24, 2.45) is 0 Å². The quantitative estimate of drug-likeness (QED) is 0.471. The molecule has 32 heavy (non-hydrogen) atoms. The Balaban J connectivity index is 1.80. The van der Waals surface area contributed by atoms with E-state index in [4.69, 9.17) is 18.8 Å². The molecule has 1 aliphatic carbocycles. The summed E-state index contributed by atoms with van der Waals surface area (Å²) in [5.74, 6) is -0.440. The Morgan fingerprint density at radius 2 is 1.69 bits per heavy atom. The molecule has 0 bridgehead atoms. The van der Waals surface area contributed by atoms with E-state index in [1.165, 1.54) is 30.3 Å². The van der Waals surface area contributed by atoms with E-state index in [9.17, 15) is 26.4 Å². The summed E-state index contributed by atoms with van der Waals surface area (Å²) in [7, 11) is -3.43. The fourth-order valence-corrected chi connectivity index (χ4v) is 5.14. The second-order valence-corrected chi connectivity index (χ2v) is 10.1. The van der Waals surface area contributed by atoms with Gasteiger partial charge in [-0.15, -0.1) is 0 Å². The van der Waals surface area contributed by atoms with E-state index in [0.717, 1.165) is 29.7 Å². The van der Waals surface area contributed by atoms with Crippen LogP contribution in [0.2, 0.25) is 0 Å². The predicted molar refractivity (Wildman–Crippen MR) is 116 cm³/mol. The number of carbonyl (C=O) groups excluding carboxylic acids is 1. The van der Waals surface area contributed by atoms with Gasteiger partial charge in [0, 0.05) is 17.6 Å². The van der Waals surface area contributed by atoms with Gasteiger partial charge in [-0.2, -0.15) is 13.2 Å². The topological polar surface area (TPSA) is 62.1 Å². The molecule has 2 aromatic rings. The summed E-state index contributed by atoms with van der Waals surface area (Å²) in [6.07, 6.45) is -2.03. The minimum absolute atomic E-state index is 0.00509. The summed E-state index contributed by atoms with van der Waals surface area (Å²) in [4.78, 5) is 19.1. The van der Waals surface area contributed by atoms with Crippen LogP contribution in [-0.2, 0) is 20.8 Å². The molecular weight excluding hydrogens is 463 g/mol. The standard InChI is InChI=1S/C21H16F3N3O3S2/c1-25-17-9-6-14(12-16(17)21(22,23)24)26-18(28)20(10-3-11-20)27(19(26)31)13-4-7-15(8-5-13)32(2,29)30/h4-9,12H,3,10-11H2,2H3. The Bertz CT molecular complexity index is 1280. The highest BCUT2D eigenvalue weighted by atomic mass is 32.2. The van der Waals surface area contributed by atoms with Crippen LogP contribution < -0.4 is 9.80 Å². The normalized spacial score (nSPS) is 18.1. The number of anilines is 2. The monoisotopic (exact) mass is 479 g/mol. The number of hydrogen-bond acceptors (Lipinski definition) is 4. The fraction of sp³-hybridized carbons (Fsp3) is 0.286. The molecule has 0 radical (unpaired) electrons. The highest BCUT2D eigenvalue weighted by molar-refractivity contribution is 7.90. The molecule has 1 saturated heterocycles. The SMILES string of the molecule is [C-]#[N+]c1ccc(N2C(=O)C3(CCC3)N(c3ccc(S(C)(=O)=O)cc3)C2=S)cc1C(F)(F)F. The first-order valence-electron chi connectivity index (χ1n) is 9.48. The van der Waals surface area contributed by atoms with Crippen LogP contribution in [0, 0.1) is 6.57 Å². The van der Waals surface area contributed by atoms with Crippen molar-refractivity contribution < 1.29 is 26.4 Å². The first-order chi connectivity index (χ1) is 14.9. The summed E-state index contributed by atoms with van der Waals surface area (Å²) in [5.41, 5.74) is -2.32. The third-order valence-corrected chi connectivity index (χ3v) is 7.27. The molecule has 166 valence electrons. The largest absolute Gasteiger partial charge is 0.407 e. The van der Waals surface area contributed by atoms with Gasteiger partial charge in [-0.05, 0) is 67.9 Å². The minimum atomic E-state index is -4.77. The van der Waals surface area contributed by atoms with E-state index < -0.39 is 38.7 Å². The molecule has 4 rings (SSSR count). The van der Waals surface area contributed by atoms with Gasteiger partial charge >= 0.3 is 6.18 Å². The molecule has 6 nitrogen and oxygen atoms in total. The number of thiocarbonyl (C=S) groups is 1. The average Bonchev–Trinajstić information content (AvgIpc) is 2.93. The van der Waals surface area contributed by atoms with Gasteiger partial charge in [0.2, 0.25) is 0 Å². The first-order valence-corrected chi connectivity index (χ1v) is 11.8. The number of amides is 1. The molecular formula is C21H16F3N3O3S2. The number of rotatable bonds is 3. The van der Waals surface area contributed by atoms with Crippen molar-refractivity contribution in [3.63, 3.8) is 0 Å². The third-order valence-electron chi connectivity index (χ3n) is 5.78. The number of benzene rings is 2. The Hall–Kier alpha value is -2.97. The maximum absolute atomic E-state index is 13.5. The maximum atomic E-state index is 13.5. The number of alkyl halides is 3. The van der Waals surface area contributed by atoms with Crippen molar-refractivity contribution >= 4 is 50.1 Å². The van der Waals surface area contributed by atoms with E-state index in [-0.39, 0.29) is 15.7 Å². The van der Waals surface area contributed by atoms with Crippen LogP contribution in [0.1, 0.15) is 24.8 Å². The summed E-state index contributed by atoms with van der Waals surface area (Å²) < 4.78 is 63.9. The van der Waals surface area contributed by atoms with Crippen molar-refractivity contribution in [2.45, 2.75) is 35.9 Å². The van der Waals surface area contributed by atoms with E-state index in [1.807, 2.05) is 0 Å².